The Hall–Kier alpha value is -2.36. The van der Waals surface area contributed by atoms with E-state index in [0.717, 1.165) is 38.0 Å². The third-order valence-electron chi connectivity index (χ3n) is 5.66. The highest BCUT2D eigenvalue weighted by Crippen LogP contribution is 2.26. The minimum atomic E-state index is -0.0483. The normalized spacial score (nSPS) is 19.1. The minimum Gasteiger partial charge on any atom is -0.378 e. The molecule has 2 aromatic heterocycles. The van der Waals surface area contributed by atoms with Crippen molar-refractivity contribution in [1.82, 2.24) is 29.8 Å². The monoisotopic (exact) mass is 412 g/mol. The first kappa shape index (κ1) is 18.7. The van der Waals surface area contributed by atoms with Crippen LogP contribution in [0.2, 0.25) is 0 Å². The molecule has 152 valence electrons. The predicted molar refractivity (Wildman–Crippen MR) is 110 cm³/mol. The third-order valence-corrected chi connectivity index (χ3v) is 6.68. The number of carbonyl (C=O) groups excluding carboxylic acids is 1. The Morgan fingerprint density at radius 3 is 2.72 bits per heavy atom. The first-order chi connectivity index (χ1) is 14.3. The maximum atomic E-state index is 12.6. The van der Waals surface area contributed by atoms with Crippen LogP contribution in [0.25, 0.3) is 10.2 Å². The lowest BCUT2D eigenvalue weighted by atomic mass is 10.1. The summed E-state index contributed by atoms with van der Waals surface area (Å²) in [7, 11) is 0. The number of likely N-dealkylation sites (tertiary alicyclic amines) is 1. The number of rotatable bonds is 4. The Morgan fingerprint density at radius 2 is 1.93 bits per heavy atom. The molecule has 2 aliphatic heterocycles. The van der Waals surface area contributed by atoms with Gasteiger partial charge in [0.1, 0.15) is 5.01 Å². The van der Waals surface area contributed by atoms with Crippen LogP contribution in [-0.2, 0) is 11.3 Å². The van der Waals surface area contributed by atoms with Crippen LogP contribution in [0.5, 0.6) is 0 Å². The third kappa shape index (κ3) is 4.03. The van der Waals surface area contributed by atoms with Gasteiger partial charge in [0.2, 0.25) is 0 Å². The highest BCUT2D eigenvalue weighted by molar-refractivity contribution is 7.18. The summed E-state index contributed by atoms with van der Waals surface area (Å²) in [6, 6.07) is 8.59. The smallest absolute Gasteiger partial charge is 0.276 e. The number of amides is 1. The SMILES string of the molecule is O=C(c1cn(C2CCN(Cc3nc4ccccc4s3)CC2)nn1)N1CCOCC1. The molecular weight excluding hydrogens is 388 g/mol. The Kier molecular flexibility index (Phi) is 5.26. The molecule has 9 heteroatoms. The number of ether oxygens (including phenoxy) is 1. The van der Waals surface area contributed by atoms with Crippen LogP contribution in [0.4, 0.5) is 0 Å². The van der Waals surface area contributed by atoms with E-state index >= 15 is 0 Å². The molecule has 2 fully saturated rings. The molecule has 29 heavy (non-hydrogen) atoms. The number of hydrogen-bond donors (Lipinski definition) is 0. The van der Waals surface area contributed by atoms with E-state index in [9.17, 15) is 4.79 Å². The molecule has 0 atom stereocenters. The molecule has 0 spiro atoms. The van der Waals surface area contributed by atoms with Crippen LogP contribution in [0.15, 0.2) is 30.5 Å². The van der Waals surface area contributed by atoms with Crippen molar-refractivity contribution in [1.29, 1.82) is 0 Å². The average Bonchev–Trinajstić information content (AvgIpc) is 3.41. The highest BCUT2D eigenvalue weighted by Gasteiger charge is 2.25. The van der Waals surface area contributed by atoms with Gasteiger partial charge in [-0.3, -0.25) is 9.69 Å². The van der Waals surface area contributed by atoms with Gasteiger partial charge in [0.25, 0.3) is 5.91 Å². The number of thiazole rings is 1. The molecule has 0 saturated carbocycles. The number of fused-ring (bicyclic) bond motifs is 1. The predicted octanol–water partition coefficient (Wildman–Crippen LogP) is 2.20. The fraction of sp³-hybridized carbons (Fsp3) is 0.500. The van der Waals surface area contributed by atoms with Gasteiger partial charge in [0, 0.05) is 26.2 Å². The Labute approximate surface area is 173 Å². The summed E-state index contributed by atoms with van der Waals surface area (Å²) in [4.78, 5) is 21.6. The second-order valence-corrected chi connectivity index (χ2v) is 8.69. The van der Waals surface area contributed by atoms with Crippen LogP contribution in [0.1, 0.15) is 34.4 Å². The van der Waals surface area contributed by atoms with Gasteiger partial charge in [-0.05, 0) is 25.0 Å². The van der Waals surface area contributed by atoms with Crippen molar-refractivity contribution >= 4 is 27.5 Å². The summed E-state index contributed by atoms with van der Waals surface area (Å²) >= 11 is 1.78. The molecule has 2 saturated heterocycles. The van der Waals surface area contributed by atoms with Crippen LogP contribution in [0.3, 0.4) is 0 Å². The van der Waals surface area contributed by atoms with E-state index in [0.29, 0.717) is 38.0 Å². The first-order valence-electron chi connectivity index (χ1n) is 10.1. The molecule has 0 N–H and O–H groups in total. The lowest BCUT2D eigenvalue weighted by Crippen LogP contribution is -2.40. The van der Waals surface area contributed by atoms with Crippen molar-refractivity contribution in [2.24, 2.45) is 0 Å². The van der Waals surface area contributed by atoms with Crippen molar-refractivity contribution in [2.75, 3.05) is 39.4 Å². The standard InChI is InChI=1S/C20H24N6O2S/c27-20(25-9-11-28-12-10-25)17-13-26(23-22-17)15-5-7-24(8-6-15)14-19-21-16-3-1-2-4-18(16)29-19/h1-4,13,15H,5-12,14H2. The minimum absolute atomic E-state index is 0.0483. The summed E-state index contributed by atoms with van der Waals surface area (Å²) in [6.45, 7) is 5.30. The van der Waals surface area contributed by atoms with E-state index in [1.807, 2.05) is 16.9 Å². The van der Waals surface area contributed by atoms with Gasteiger partial charge in [-0.25, -0.2) is 9.67 Å². The fourth-order valence-corrected chi connectivity index (χ4v) is 5.01. The van der Waals surface area contributed by atoms with Crippen molar-refractivity contribution in [2.45, 2.75) is 25.4 Å². The Balaban J connectivity index is 1.17. The molecule has 3 aromatic rings. The lowest BCUT2D eigenvalue weighted by Gasteiger charge is -2.31. The van der Waals surface area contributed by atoms with Gasteiger partial charge in [-0.2, -0.15) is 0 Å². The summed E-state index contributed by atoms with van der Waals surface area (Å²) in [5.41, 5.74) is 1.52. The quantitative estimate of drug-likeness (QED) is 0.654. The first-order valence-corrected chi connectivity index (χ1v) is 10.9. The van der Waals surface area contributed by atoms with Crippen LogP contribution < -0.4 is 0 Å². The molecule has 0 aliphatic carbocycles. The molecule has 2 aliphatic rings. The number of aromatic nitrogens is 4. The molecule has 1 aromatic carbocycles. The molecular formula is C20H24N6O2S. The zero-order valence-electron chi connectivity index (χ0n) is 16.2. The number of carbonyl (C=O) groups is 1. The van der Waals surface area contributed by atoms with E-state index < -0.39 is 0 Å². The number of hydrogen-bond acceptors (Lipinski definition) is 7. The van der Waals surface area contributed by atoms with Crippen LogP contribution in [0, 0.1) is 0 Å². The number of para-hydroxylation sites is 1. The lowest BCUT2D eigenvalue weighted by molar-refractivity contribution is 0.0299. The molecule has 0 bridgehead atoms. The molecule has 4 heterocycles. The van der Waals surface area contributed by atoms with Gasteiger partial charge >= 0.3 is 0 Å². The number of morpholine rings is 1. The fourth-order valence-electron chi connectivity index (χ4n) is 4.00. The Bertz CT molecular complexity index is 955. The van der Waals surface area contributed by atoms with Gasteiger partial charge in [-0.1, -0.05) is 17.3 Å². The maximum Gasteiger partial charge on any atom is 0.276 e. The van der Waals surface area contributed by atoms with E-state index in [4.69, 9.17) is 9.72 Å². The van der Waals surface area contributed by atoms with E-state index in [1.165, 1.54) is 9.71 Å². The van der Waals surface area contributed by atoms with Crippen molar-refractivity contribution < 1.29 is 9.53 Å². The second-order valence-electron chi connectivity index (χ2n) is 7.57. The molecule has 5 rings (SSSR count). The highest BCUT2D eigenvalue weighted by atomic mass is 32.1. The van der Waals surface area contributed by atoms with Gasteiger partial charge in [0.05, 0.1) is 42.2 Å². The zero-order valence-corrected chi connectivity index (χ0v) is 17.1. The zero-order chi connectivity index (χ0) is 19.6. The summed E-state index contributed by atoms with van der Waals surface area (Å²) in [6.07, 6.45) is 3.81. The van der Waals surface area contributed by atoms with Gasteiger partial charge < -0.3 is 9.64 Å². The molecule has 0 unspecified atom stereocenters. The molecule has 0 radical (unpaired) electrons. The van der Waals surface area contributed by atoms with Crippen LogP contribution >= 0.6 is 11.3 Å². The molecule has 8 nitrogen and oxygen atoms in total. The van der Waals surface area contributed by atoms with E-state index in [-0.39, 0.29) is 5.91 Å². The van der Waals surface area contributed by atoms with Gasteiger partial charge in [0.15, 0.2) is 5.69 Å². The largest absolute Gasteiger partial charge is 0.378 e. The van der Waals surface area contributed by atoms with Gasteiger partial charge in [-0.15, -0.1) is 16.4 Å². The maximum absolute atomic E-state index is 12.6. The number of piperidine rings is 1. The summed E-state index contributed by atoms with van der Waals surface area (Å²) in [5.74, 6) is -0.0483. The van der Waals surface area contributed by atoms with Crippen LogP contribution in [-0.4, -0.2) is 75.1 Å². The average molecular weight is 413 g/mol. The number of nitrogens with zero attached hydrogens (tertiary/aromatic N) is 6. The summed E-state index contributed by atoms with van der Waals surface area (Å²) < 4.78 is 8.44. The van der Waals surface area contributed by atoms with E-state index in [2.05, 4.69) is 33.4 Å². The van der Waals surface area contributed by atoms with Crippen molar-refractivity contribution in [3.05, 3.63) is 41.2 Å². The number of benzene rings is 1. The summed E-state index contributed by atoms with van der Waals surface area (Å²) in [5, 5.41) is 9.56. The Morgan fingerprint density at radius 1 is 1.14 bits per heavy atom. The topological polar surface area (TPSA) is 76.4 Å². The van der Waals surface area contributed by atoms with Crippen molar-refractivity contribution in [3.63, 3.8) is 0 Å². The van der Waals surface area contributed by atoms with E-state index in [1.54, 1.807) is 16.2 Å². The second kappa shape index (κ2) is 8.17. The molecule has 1 amide bonds. The van der Waals surface area contributed by atoms with Crippen molar-refractivity contribution in [3.8, 4) is 0 Å².